The number of hydrogen-bond acceptors (Lipinski definition) is 0. The van der Waals surface area contributed by atoms with Crippen LogP contribution in [0.5, 0.6) is 0 Å². The lowest BCUT2D eigenvalue weighted by molar-refractivity contribution is -0.0245. The molecule has 0 aliphatic heterocycles. The summed E-state index contributed by atoms with van der Waals surface area (Å²) < 4.78 is 30.8. The molecular formula is C7H5BrClF3. The Morgan fingerprint density at radius 3 is 1.58 bits per heavy atom. The van der Waals surface area contributed by atoms with E-state index < -0.39 is 5.09 Å². The first-order valence-electron chi connectivity index (χ1n) is 2.86. The SMILES string of the molecule is Clc1ccccc1.FC(F)(F)Br. The number of alkyl halides is 4. The van der Waals surface area contributed by atoms with Gasteiger partial charge < -0.3 is 0 Å². The van der Waals surface area contributed by atoms with Crippen LogP contribution in [-0.4, -0.2) is 5.09 Å². The average Bonchev–Trinajstić information content (AvgIpc) is 1.85. The minimum atomic E-state index is -4.19. The molecule has 0 atom stereocenters. The van der Waals surface area contributed by atoms with Gasteiger partial charge in [-0.15, -0.1) is 0 Å². The predicted molar refractivity (Wildman–Crippen MR) is 46.4 cm³/mol. The molecule has 0 unspecified atom stereocenters. The van der Waals surface area contributed by atoms with Crippen molar-refractivity contribution >= 4 is 27.5 Å². The third-order valence-corrected chi connectivity index (χ3v) is 0.985. The van der Waals surface area contributed by atoms with Crippen molar-refractivity contribution in [2.45, 2.75) is 5.09 Å². The van der Waals surface area contributed by atoms with Gasteiger partial charge in [0.1, 0.15) is 0 Å². The molecule has 0 N–H and O–H groups in total. The molecule has 12 heavy (non-hydrogen) atoms. The molecule has 0 nitrogen and oxygen atoms in total. The summed E-state index contributed by atoms with van der Waals surface area (Å²) >= 11 is 6.91. The summed E-state index contributed by atoms with van der Waals surface area (Å²) in [5.41, 5.74) is 0. The molecule has 0 aliphatic carbocycles. The summed E-state index contributed by atoms with van der Waals surface area (Å²) in [6, 6.07) is 9.44. The molecule has 0 saturated carbocycles. The highest BCUT2D eigenvalue weighted by atomic mass is 79.9. The Kier molecular flexibility index (Phi) is 5.33. The second-order valence-corrected chi connectivity index (χ2v) is 3.06. The van der Waals surface area contributed by atoms with Crippen LogP contribution in [0.4, 0.5) is 13.2 Å². The van der Waals surface area contributed by atoms with Gasteiger partial charge >= 0.3 is 5.09 Å². The van der Waals surface area contributed by atoms with Gasteiger partial charge in [0, 0.05) is 21.0 Å². The second kappa shape index (κ2) is 5.43. The molecule has 0 bridgehead atoms. The van der Waals surface area contributed by atoms with Gasteiger partial charge in [0.25, 0.3) is 0 Å². The summed E-state index contributed by atoms with van der Waals surface area (Å²) in [6.07, 6.45) is 0. The van der Waals surface area contributed by atoms with Gasteiger partial charge in [-0.2, -0.15) is 13.2 Å². The minimum Gasteiger partial charge on any atom is -0.160 e. The van der Waals surface area contributed by atoms with E-state index in [-0.39, 0.29) is 0 Å². The lowest BCUT2D eigenvalue weighted by atomic mass is 10.4. The largest absolute Gasteiger partial charge is 0.448 e. The van der Waals surface area contributed by atoms with Crippen molar-refractivity contribution in [3.05, 3.63) is 35.4 Å². The molecule has 1 rings (SSSR count). The normalized spacial score (nSPS) is 10.1. The molecule has 0 amide bonds. The van der Waals surface area contributed by atoms with Crippen molar-refractivity contribution in [1.29, 1.82) is 0 Å². The van der Waals surface area contributed by atoms with Crippen LogP contribution in [0.1, 0.15) is 0 Å². The van der Waals surface area contributed by atoms with Crippen molar-refractivity contribution < 1.29 is 13.2 Å². The highest BCUT2D eigenvalue weighted by Gasteiger charge is 2.19. The molecule has 0 aliphatic rings. The Balaban J connectivity index is 0.000000217. The predicted octanol–water partition coefficient (Wildman–Crippen LogP) is 4.24. The summed E-state index contributed by atoms with van der Waals surface area (Å²) in [5, 5.41) is -3.39. The lowest BCUT2D eigenvalue weighted by Crippen LogP contribution is -1.88. The van der Waals surface area contributed by atoms with Crippen LogP contribution in [0, 0.1) is 0 Å². The van der Waals surface area contributed by atoms with E-state index >= 15 is 0 Å². The van der Waals surface area contributed by atoms with E-state index in [9.17, 15) is 13.2 Å². The van der Waals surface area contributed by atoms with Crippen LogP contribution >= 0.6 is 27.5 Å². The van der Waals surface area contributed by atoms with Crippen molar-refractivity contribution in [3.8, 4) is 0 Å². The first kappa shape index (κ1) is 11.8. The van der Waals surface area contributed by atoms with Gasteiger partial charge in [-0.25, -0.2) is 0 Å². The van der Waals surface area contributed by atoms with E-state index in [1.54, 1.807) is 0 Å². The molecule has 0 aromatic heterocycles. The van der Waals surface area contributed by atoms with E-state index in [0.717, 1.165) is 5.02 Å². The highest BCUT2D eigenvalue weighted by Crippen LogP contribution is 2.21. The smallest absolute Gasteiger partial charge is 0.160 e. The molecule has 0 radical (unpaired) electrons. The summed E-state index contributed by atoms with van der Waals surface area (Å²) in [7, 11) is 0. The van der Waals surface area contributed by atoms with Crippen LogP contribution in [0.25, 0.3) is 0 Å². The first-order valence-corrected chi connectivity index (χ1v) is 4.03. The molecule has 0 heterocycles. The van der Waals surface area contributed by atoms with Gasteiger partial charge in [-0.3, -0.25) is 0 Å². The number of halogens is 5. The Bertz CT molecular complexity index is 204. The monoisotopic (exact) mass is 260 g/mol. The molecule has 5 heteroatoms. The van der Waals surface area contributed by atoms with E-state index in [1.807, 2.05) is 30.3 Å². The summed E-state index contributed by atoms with van der Waals surface area (Å²) in [6.45, 7) is 0. The quantitative estimate of drug-likeness (QED) is 0.613. The fraction of sp³-hybridized carbons (Fsp3) is 0.143. The van der Waals surface area contributed by atoms with Crippen molar-refractivity contribution in [2.24, 2.45) is 0 Å². The molecular weight excluding hydrogens is 256 g/mol. The van der Waals surface area contributed by atoms with Crippen molar-refractivity contribution in [1.82, 2.24) is 0 Å². The third kappa shape index (κ3) is 12.5. The lowest BCUT2D eigenvalue weighted by Gasteiger charge is -1.85. The van der Waals surface area contributed by atoms with Gasteiger partial charge in [-0.05, 0) is 12.1 Å². The van der Waals surface area contributed by atoms with Gasteiger partial charge in [0.15, 0.2) is 0 Å². The van der Waals surface area contributed by atoms with Crippen LogP contribution in [0.15, 0.2) is 30.3 Å². The Morgan fingerprint density at radius 2 is 1.42 bits per heavy atom. The zero-order chi connectivity index (χ0) is 9.61. The molecule has 1 aromatic carbocycles. The molecule has 68 valence electrons. The maximum absolute atomic E-state index is 10.3. The van der Waals surface area contributed by atoms with Crippen LogP contribution in [-0.2, 0) is 0 Å². The maximum atomic E-state index is 10.3. The van der Waals surface area contributed by atoms with Crippen molar-refractivity contribution in [2.75, 3.05) is 0 Å². The zero-order valence-corrected chi connectivity index (χ0v) is 8.12. The number of benzene rings is 1. The fourth-order valence-electron chi connectivity index (χ4n) is 0.415. The number of hydrogen-bond donors (Lipinski definition) is 0. The van der Waals surface area contributed by atoms with Gasteiger partial charge in [-0.1, -0.05) is 29.8 Å². The third-order valence-electron chi connectivity index (χ3n) is 0.733. The summed E-state index contributed by atoms with van der Waals surface area (Å²) in [4.78, 5) is 0. The van der Waals surface area contributed by atoms with Crippen LogP contribution in [0.3, 0.4) is 0 Å². The summed E-state index contributed by atoms with van der Waals surface area (Å²) in [5.74, 6) is 0. The zero-order valence-electron chi connectivity index (χ0n) is 5.78. The van der Waals surface area contributed by atoms with Crippen LogP contribution < -0.4 is 0 Å². The van der Waals surface area contributed by atoms with E-state index in [4.69, 9.17) is 11.6 Å². The second-order valence-electron chi connectivity index (χ2n) is 1.72. The standard InChI is InChI=1S/C6H5Cl.CBrF3/c7-6-4-2-1-3-5-6;2-1(3,4)5/h1-5H;. The average molecular weight is 261 g/mol. The molecule has 0 saturated heterocycles. The van der Waals surface area contributed by atoms with Crippen molar-refractivity contribution in [3.63, 3.8) is 0 Å². The highest BCUT2D eigenvalue weighted by molar-refractivity contribution is 9.09. The Labute approximate surface area is 81.5 Å². The maximum Gasteiger partial charge on any atom is 0.448 e. The fourth-order valence-corrected chi connectivity index (χ4v) is 0.560. The van der Waals surface area contributed by atoms with E-state index in [0.29, 0.717) is 0 Å². The molecule has 0 spiro atoms. The topological polar surface area (TPSA) is 0 Å². The van der Waals surface area contributed by atoms with E-state index in [2.05, 4.69) is 0 Å². The Morgan fingerprint density at radius 1 is 1.08 bits per heavy atom. The van der Waals surface area contributed by atoms with E-state index in [1.165, 1.54) is 15.9 Å². The molecule has 1 aromatic rings. The number of rotatable bonds is 0. The van der Waals surface area contributed by atoms with Crippen LogP contribution in [0.2, 0.25) is 5.02 Å². The minimum absolute atomic E-state index is 0.794. The van der Waals surface area contributed by atoms with Gasteiger partial charge in [0.05, 0.1) is 0 Å². The van der Waals surface area contributed by atoms with Gasteiger partial charge in [0.2, 0.25) is 0 Å². The Hall–Kier alpha value is -0.220. The first-order chi connectivity index (χ1) is 5.39. The molecule has 0 fully saturated rings.